The minimum atomic E-state index is -0.595. The van der Waals surface area contributed by atoms with Crippen LogP contribution in [0.4, 0.5) is 4.39 Å². The van der Waals surface area contributed by atoms with Gasteiger partial charge in [0.25, 0.3) is 0 Å². The van der Waals surface area contributed by atoms with E-state index in [0.29, 0.717) is 30.2 Å². The van der Waals surface area contributed by atoms with E-state index in [1.54, 1.807) is 24.1 Å². The second-order valence-corrected chi connectivity index (χ2v) is 7.74. The van der Waals surface area contributed by atoms with E-state index >= 15 is 0 Å². The molecular formula is C24H31FN2O3. The molecule has 0 fully saturated rings. The lowest BCUT2D eigenvalue weighted by Gasteiger charge is -2.31. The number of carbonyl (C=O) groups is 2. The first kappa shape index (κ1) is 23.4. The molecule has 0 heterocycles. The molecule has 6 heteroatoms. The molecular weight excluding hydrogens is 383 g/mol. The van der Waals surface area contributed by atoms with E-state index in [2.05, 4.69) is 5.32 Å². The fourth-order valence-corrected chi connectivity index (χ4v) is 3.19. The summed E-state index contributed by atoms with van der Waals surface area (Å²) in [6, 6.07) is 12.7. The molecule has 2 rings (SSSR count). The first-order valence-electron chi connectivity index (χ1n) is 10.3. The summed E-state index contributed by atoms with van der Waals surface area (Å²) >= 11 is 0. The number of rotatable bonds is 10. The van der Waals surface area contributed by atoms with Gasteiger partial charge in [0.15, 0.2) is 0 Å². The summed E-state index contributed by atoms with van der Waals surface area (Å²) in [5.74, 6) is 0.306. The Morgan fingerprint density at radius 3 is 2.40 bits per heavy atom. The molecule has 0 aliphatic rings. The van der Waals surface area contributed by atoms with Gasteiger partial charge in [-0.2, -0.15) is 0 Å². The van der Waals surface area contributed by atoms with E-state index in [4.69, 9.17) is 4.74 Å². The number of methoxy groups -OCH3 is 1. The van der Waals surface area contributed by atoms with Gasteiger partial charge in [0.1, 0.15) is 17.6 Å². The summed E-state index contributed by atoms with van der Waals surface area (Å²) in [5, 5.41) is 2.94. The average Bonchev–Trinajstić information content (AvgIpc) is 2.73. The number of benzene rings is 2. The summed E-state index contributed by atoms with van der Waals surface area (Å²) < 4.78 is 18.5. The van der Waals surface area contributed by atoms with Crippen LogP contribution in [-0.2, 0) is 22.6 Å². The molecule has 5 nitrogen and oxygen atoms in total. The number of carbonyl (C=O) groups excluding carboxylic acids is 2. The van der Waals surface area contributed by atoms with Crippen LogP contribution in [0.2, 0.25) is 0 Å². The highest BCUT2D eigenvalue weighted by atomic mass is 19.1. The molecule has 0 bridgehead atoms. The molecule has 0 aliphatic heterocycles. The molecule has 0 spiro atoms. The Bertz CT molecular complexity index is 837. The predicted octanol–water partition coefficient (Wildman–Crippen LogP) is 3.96. The van der Waals surface area contributed by atoms with Crippen molar-refractivity contribution in [3.05, 3.63) is 65.5 Å². The summed E-state index contributed by atoms with van der Waals surface area (Å²) in [4.78, 5) is 27.7. The molecule has 162 valence electrons. The third-order valence-electron chi connectivity index (χ3n) is 4.83. The van der Waals surface area contributed by atoms with Gasteiger partial charge in [0, 0.05) is 13.1 Å². The van der Waals surface area contributed by atoms with Crippen molar-refractivity contribution in [3.63, 3.8) is 0 Å². The van der Waals surface area contributed by atoms with E-state index in [1.807, 2.05) is 45.0 Å². The fraction of sp³-hybridized carbons (Fsp3) is 0.417. The van der Waals surface area contributed by atoms with Gasteiger partial charge in [0.2, 0.25) is 11.8 Å². The molecule has 1 atom stereocenters. The van der Waals surface area contributed by atoms with Crippen LogP contribution < -0.4 is 10.1 Å². The zero-order chi connectivity index (χ0) is 22.1. The zero-order valence-corrected chi connectivity index (χ0v) is 18.2. The van der Waals surface area contributed by atoms with Gasteiger partial charge >= 0.3 is 0 Å². The lowest BCUT2D eigenvalue weighted by Crippen LogP contribution is -2.50. The smallest absolute Gasteiger partial charge is 0.242 e. The first-order valence-corrected chi connectivity index (χ1v) is 10.3. The molecule has 0 unspecified atom stereocenters. The van der Waals surface area contributed by atoms with E-state index < -0.39 is 6.04 Å². The number of hydrogen-bond donors (Lipinski definition) is 1. The molecule has 30 heavy (non-hydrogen) atoms. The third kappa shape index (κ3) is 6.87. The van der Waals surface area contributed by atoms with Crippen molar-refractivity contribution >= 4 is 11.8 Å². The Morgan fingerprint density at radius 2 is 1.80 bits per heavy atom. The summed E-state index contributed by atoms with van der Waals surface area (Å²) in [6.07, 6.45) is 0.585. The van der Waals surface area contributed by atoms with Crippen LogP contribution >= 0.6 is 0 Å². The van der Waals surface area contributed by atoms with Gasteiger partial charge in [-0.15, -0.1) is 0 Å². The highest BCUT2D eigenvalue weighted by Gasteiger charge is 2.28. The molecule has 1 N–H and O–H groups in total. The average molecular weight is 415 g/mol. The molecule has 0 aliphatic carbocycles. The van der Waals surface area contributed by atoms with Gasteiger partial charge in [-0.25, -0.2) is 4.39 Å². The fourth-order valence-electron chi connectivity index (χ4n) is 3.19. The maximum Gasteiger partial charge on any atom is 0.242 e. The lowest BCUT2D eigenvalue weighted by atomic mass is 10.1. The largest absolute Gasteiger partial charge is 0.497 e. The SMILES string of the molecule is CC[C@H](C(=O)NCC(C)C)N(Cc1cccc(OC)c1)C(=O)Cc1ccc(F)cc1. The molecule has 2 amide bonds. The minimum Gasteiger partial charge on any atom is -0.497 e. The van der Waals surface area contributed by atoms with Crippen LogP contribution in [0.5, 0.6) is 5.75 Å². The number of nitrogens with zero attached hydrogens (tertiary/aromatic N) is 1. The predicted molar refractivity (Wildman–Crippen MR) is 116 cm³/mol. The third-order valence-corrected chi connectivity index (χ3v) is 4.83. The highest BCUT2D eigenvalue weighted by Crippen LogP contribution is 2.18. The van der Waals surface area contributed by atoms with Gasteiger partial charge in [-0.05, 0) is 47.7 Å². The topological polar surface area (TPSA) is 58.6 Å². The molecule has 2 aromatic carbocycles. The zero-order valence-electron chi connectivity index (χ0n) is 18.2. The number of halogens is 1. The van der Waals surface area contributed by atoms with E-state index in [-0.39, 0.29) is 30.6 Å². The molecule has 2 aromatic rings. The standard InChI is InChI=1S/C24H31FN2O3/c1-5-22(24(29)26-15-17(2)3)27(16-19-7-6-8-21(13-19)30-4)23(28)14-18-9-11-20(25)12-10-18/h6-13,17,22H,5,14-16H2,1-4H3,(H,26,29)/t22-/m1/s1. The second kappa shape index (κ2) is 11.3. The van der Waals surface area contributed by atoms with Crippen LogP contribution in [0.25, 0.3) is 0 Å². The first-order chi connectivity index (χ1) is 14.3. The molecule has 0 saturated heterocycles. The molecule has 0 aromatic heterocycles. The normalized spacial score (nSPS) is 11.8. The number of amides is 2. The molecule has 0 saturated carbocycles. The van der Waals surface area contributed by atoms with Crippen molar-refractivity contribution in [1.29, 1.82) is 0 Å². The van der Waals surface area contributed by atoms with Crippen LogP contribution in [-0.4, -0.2) is 36.4 Å². The van der Waals surface area contributed by atoms with E-state index in [9.17, 15) is 14.0 Å². The second-order valence-electron chi connectivity index (χ2n) is 7.74. The van der Waals surface area contributed by atoms with Crippen molar-refractivity contribution in [1.82, 2.24) is 10.2 Å². The number of hydrogen-bond acceptors (Lipinski definition) is 3. The summed E-state index contributed by atoms with van der Waals surface area (Å²) in [6.45, 7) is 6.77. The Balaban J connectivity index is 2.27. The van der Waals surface area contributed by atoms with Gasteiger partial charge in [-0.1, -0.05) is 45.0 Å². The van der Waals surface area contributed by atoms with Crippen LogP contribution in [0.1, 0.15) is 38.3 Å². The number of nitrogens with one attached hydrogen (secondary N) is 1. The number of ether oxygens (including phenoxy) is 1. The monoisotopic (exact) mass is 414 g/mol. The van der Waals surface area contributed by atoms with E-state index in [0.717, 1.165) is 5.56 Å². The maximum absolute atomic E-state index is 13.2. The summed E-state index contributed by atoms with van der Waals surface area (Å²) in [5.41, 5.74) is 1.58. The summed E-state index contributed by atoms with van der Waals surface area (Å²) in [7, 11) is 1.59. The van der Waals surface area contributed by atoms with Crippen LogP contribution in [0.15, 0.2) is 48.5 Å². The minimum absolute atomic E-state index is 0.0954. The van der Waals surface area contributed by atoms with Gasteiger partial charge < -0.3 is 15.0 Å². The Hall–Kier alpha value is -2.89. The van der Waals surface area contributed by atoms with Crippen molar-refractivity contribution in [2.75, 3.05) is 13.7 Å². The van der Waals surface area contributed by atoms with Gasteiger partial charge in [-0.3, -0.25) is 9.59 Å². The van der Waals surface area contributed by atoms with Crippen molar-refractivity contribution in [3.8, 4) is 5.75 Å². The Labute approximate surface area is 178 Å². The quantitative estimate of drug-likeness (QED) is 0.640. The highest BCUT2D eigenvalue weighted by molar-refractivity contribution is 5.88. The molecule has 0 radical (unpaired) electrons. The maximum atomic E-state index is 13.2. The van der Waals surface area contributed by atoms with Crippen LogP contribution in [0, 0.1) is 11.7 Å². The van der Waals surface area contributed by atoms with E-state index in [1.165, 1.54) is 12.1 Å². The Kier molecular flexibility index (Phi) is 8.84. The Morgan fingerprint density at radius 1 is 1.10 bits per heavy atom. The lowest BCUT2D eigenvalue weighted by molar-refractivity contribution is -0.141. The van der Waals surface area contributed by atoms with Crippen molar-refractivity contribution in [2.24, 2.45) is 5.92 Å². The van der Waals surface area contributed by atoms with Crippen molar-refractivity contribution in [2.45, 2.75) is 46.2 Å². The van der Waals surface area contributed by atoms with Crippen LogP contribution in [0.3, 0.4) is 0 Å². The van der Waals surface area contributed by atoms with Gasteiger partial charge in [0.05, 0.1) is 13.5 Å². The van der Waals surface area contributed by atoms with Crippen molar-refractivity contribution < 1.29 is 18.7 Å².